The van der Waals surface area contributed by atoms with Crippen LogP contribution in [0.5, 0.6) is 0 Å². The van der Waals surface area contributed by atoms with Crippen molar-refractivity contribution < 1.29 is 15.4 Å². The number of hydrogen-bond acceptors (Lipinski definition) is 6. The molecule has 0 saturated carbocycles. The van der Waals surface area contributed by atoms with E-state index < -0.39 is 7.15 Å². The first kappa shape index (κ1) is 19.5. The third kappa shape index (κ3) is 4.06. The van der Waals surface area contributed by atoms with Crippen LogP contribution in [-0.2, 0) is 0 Å². The molecular weight excluding hydrogens is 456 g/mol. The maximum Gasteiger partial charge on any atom is 0.160 e. The van der Waals surface area contributed by atoms with Crippen LogP contribution in [0.15, 0.2) is 59.3 Å². The summed E-state index contributed by atoms with van der Waals surface area (Å²) in [6.07, 6.45) is 1.74. The smallest absolute Gasteiger partial charge is 0.160 e. The number of fused-ring (bicyclic) bond motifs is 4. The van der Waals surface area contributed by atoms with E-state index in [2.05, 4.69) is 35.0 Å². The van der Waals surface area contributed by atoms with Gasteiger partial charge in [0, 0.05) is 18.8 Å². The second-order valence-corrected chi connectivity index (χ2v) is 10.4. The van der Waals surface area contributed by atoms with E-state index in [1.165, 1.54) is 42.8 Å². The van der Waals surface area contributed by atoms with Crippen LogP contribution in [0.4, 0.5) is 4.39 Å². The van der Waals surface area contributed by atoms with E-state index in [9.17, 15) is 14.0 Å². The van der Waals surface area contributed by atoms with Crippen LogP contribution >= 0.6 is 45.3 Å². The number of aldehydes is 2. The van der Waals surface area contributed by atoms with Crippen molar-refractivity contribution in [2.75, 3.05) is 7.15 Å². The quantitative estimate of drug-likeness (QED) is 0.237. The summed E-state index contributed by atoms with van der Waals surface area (Å²) >= 11 is 6.57. The Labute approximate surface area is 189 Å². The molecule has 30 heavy (non-hydrogen) atoms. The van der Waals surface area contributed by atoms with Crippen LogP contribution in [0.2, 0.25) is 0 Å². The molecule has 2 nitrogen and oxygen atoms in total. The summed E-state index contributed by atoms with van der Waals surface area (Å²) in [6, 6.07) is 16.7. The van der Waals surface area contributed by atoms with Crippen LogP contribution in [-0.4, -0.2) is 19.7 Å². The maximum absolute atomic E-state index is 10.7. The lowest BCUT2D eigenvalue weighted by atomic mass is 10.2. The molecule has 4 heterocycles. The molecule has 0 radical (unpaired) electrons. The fourth-order valence-corrected chi connectivity index (χ4v) is 6.60. The van der Waals surface area contributed by atoms with Gasteiger partial charge in [0.05, 0.1) is 18.3 Å². The molecule has 150 valence electrons. The van der Waals surface area contributed by atoms with Crippen LogP contribution in [0, 0.1) is 0 Å². The van der Waals surface area contributed by atoms with Gasteiger partial charge in [-0.1, -0.05) is 0 Å². The monoisotopic (exact) mass is 471 g/mol. The van der Waals surface area contributed by atoms with Gasteiger partial charge in [0.2, 0.25) is 0 Å². The van der Waals surface area contributed by atoms with E-state index in [0.29, 0.717) is 0 Å². The topological polar surface area (TPSA) is 34.1 Å². The molecule has 0 fully saturated rings. The Morgan fingerprint density at radius 3 is 1.50 bits per heavy atom. The Balaban J connectivity index is 0.000000137. The van der Waals surface area contributed by atoms with Crippen molar-refractivity contribution in [3.05, 3.63) is 69.0 Å². The summed E-state index contributed by atoms with van der Waals surface area (Å²) in [7, 11) is -1.00. The molecule has 0 amide bonds. The molecule has 0 bridgehead atoms. The Kier molecular flexibility index (Phi) is 5.94. The summed E-state index contributed by atoms with van der Waals surface area (Å²) < 4.78 is 20.5. The third-order valence-electron chi connectivity index (χ3n) is 4.45. The molecule has 7 heteroatoms. The summed E-state index contributed by atoms with van der Waals surface area (Å²) in [5.74, 6) is 0. The van der Waals surface area contributed by atoms with Gasteiger partial charge in [-0.15, -0.1) is 45.3 Å². The molecular formula is C23H15FO2S4. The van der Waals surface area contributed by atoms with E-state index in [1.54, 1.807) is 0 Å². The number of benzene rings is 2. The average Bonchev–Trinajstić information content (AvgIpc) is 3.55. The lowest BCUT2D eigenvalue weighted by Crippen LogP contribution is -1.64. The van der Waals surface area contributed by atoms with Gasteiger partial charge in [-0.3, -0.25) is 14.0 Å². The van der Waals surface area contributed by atoms with Crippen molar-refractivity contribution in [3.63, 3.8) is 0 Å². The Bertz CT molecular complexity index is 1290. The first-order chi connectivity index (χ1) is 15.1. The van der Waals surface area contributed by atoms with Crippen molar-refractivity contribution >= 4 is 98.3 Å². The van der Waals surface area contributed by atoms with Crippen molar-refractivity contribution in [1.29, 1.82) is 0 Å². The zero-order valence-electron chi connectivity index (χ0n) is 16.5. The first-order valence-electron chi connectivity index (χ1n) is 9.43. The minimum Gasteiger partial charge on any atom is -0.297 e. The van der Waals surface area contributed by atoms with E-state index in [4.69, 9.17) is 1.37 Å². The normalized spacial score (nSPS) is 11.0. The highest BCUT2D eigenvalue weighted by atomic mass is 32.1. The van der Waals surface area contributed by atoms with Gasteiger partial charge in [0.15, 0.2) is 12.6 Å². The summed E-state index contributed by atoms with van der Waals surface area (Å²) in [6.45, 7) is 0. The maximum atomic E-state index is 10.7. The van der Waals surface area contributed by atoms with E-state index in [1.807, 2.05) is 46.9 Å². The lowest BCUT2D eigenvalue weighted by molar-refractivity contribution is 0.111. The van der Waals surface area contributed by atoms with Crippen LogP contribution in [0.25, 0.3) is 40.3 Å². The van der Waals surface area contributed by atoms with E-state index >= 15 is 0 Å². The molecule has 0 spiro atoms. The fourth-order valence-electron chi connectivity index (χ4n) is 3.15. The van der Waals surface area contributed by atoms with E-state index in [-0.39, 0.29) is 0 Å². The van der Waals surface area contributed by atoms with Gasteiger partial charge in [0.1, 0.15) is 0 Å². The number of hydrogen-bond donors (Lipinski definition) is 0. The lowest BCUT2D eigenvalue weighted by Gasteiger charge is -1.89. The van der Waals surface area contributed by atoms with Crippen molar-refractivity contribution in [3.8, 4) is 0 Å². The molecule has 0 atom stereocenters. The van der Waals surface area contributed by atoms with Crippen molar-refractivity contribution in [2.24, 2.45) is 0 Å². The van der Waals surface area contributed by atoms with Gasteiger partial charge < -0.3 is 0 Å². The predicted octanol–water partition coefficient (Wildman–Crippen LogP) is 8.44. The number of carbonyl (C=O) groups excluding carboxylic acids is 2. The second kappa shape index (κ2) is 9.14. The summed E-state index contributed by atoms with van der Waals surface area (Å²) in [4.78, 5) is 22.8. The zero-order chi connectivity index (χ0) is 21.8. The highest BCUT2D eigenvalue weighted by Crippen LogP contribution is 2.33. The SMILES string of the molecule is O=Cc1cc2cc3sc(C=O)cc3cc2s1.[2H]CF.c1cc2cc3sccc3cc2s1. The third-order valence-corrected chi connectivity index (χ3v) is 8.26. The molecule has 0 saturated heterocycles. The standard InChI is InChI=1S/C12H6O2S2.C10H6S2.CH3F/c13-5-9-1-7-3-12-8(4-11(7)15-9)2-10(6-14)16-12;1-3-11-9-6-8-2-4-12-10(8)5-7(1)9;1-2/h1-6H;1-6H;1H3/i;;1D. The van der Waals surface area contributed by atoms with Gasteiger partial charge >= 0.3 is 0 Å². The largest absolute Gasteiger partial charge is 0.297 e. The highest BCUT2D eigenvalue weighted by molar-refractivity contribution is 7.22. The molecule has 0 unspecified atom stereocenters. The van der Waals surface area contributed by atoms with Gasteiger partial charge in [-0.2, -0.15) is 0 Å². The average molecular weight is 472 g/mol. The molecule has 6 aromatic rings. The first-order valence-corrected chi connectivity index (χ1v) is 12.1. The van der Waals surface area contributed by atoms with Gasteiger partial charge in [-0.05, 0) is 80.8 Å². The molecule has 2 aromatic carbocycles. The number of alkyl halides is 1. The minimum absolute atomic E-state index is 0.739. The molecule has 0 aliphatic heterocycles. The molecule has 4 aromatic heterocycles. The van der Waals surface area contributed by atoms with Gasteiger partial charge in [-0.25, -0.2) is 0 Å². The minimum atomic E-state index is -1.00. The van der Waals surface area contributed by atoms with Crippen molar-refractivity contribution in [1.82, 2.24) is 0 Å². The number of halogens is 1. The number of rotatable bonds is 2. The fraction of sp³-hybridized carbons (Fsp3) is 0.0435. The molecule has 6 rings (SSSR count). The summed E-state index contributed by atoms with van der Waals surface area (Å²) in [5, 5.41) is 9.17. The van der Waals surface area contributed by atoms with Crippen LogP contribution < -0.4 is 0 Å². The van der Waals surface area contributed by atoms with Gasteiger partial charge in [0.25, 0.3) is 0 Å². The Morgan fingerprint density at radius 2 is 1.10 bits per heavy atom. The Hall–Kier alpha value is -2.45. The number of thiophene rings is 4. The zero-order valence-corrected chi connectivity index (χ0v) is 18.7. The summed E-state index contributed by atoms with van der Waals surface area (Å²) in [5.41, 5.74) is 0. The molecule has 0 aliphatic carbocycles. The second-order valence-electron chi connectivity index (χ2n) is 6.23. The number of carbonyl (C=O) groups is 2. The van der Waals surface area contributed by atoms with Crippen molar-refractivity contribution in [2.45, 2.75) is 0 Å². The highest BCUT2D eigenvalue weighted by Gasteiger charge is 2.06. The molecule has 0 aliphatic rings. The predicted molar refractivity (Wildman–Crippen MR) is 132 cm³/mol. The van der Waals surface area contributed by atoms with E-state index in [0.717, 1.165) is 42.5 Å². The Morgan fingerprint density at radius 1 is 0.700 bits per heavy atom. The molecule has 0 N–H and O–H groups in total. The van der Waals surface area contributed by atoms with Crippen LogP contribution in [0.3, 0.4) is 0 Å². The van der Waals surface area contributed by atoms with Crippen LogP contribution in [0.1, 0.15) is 20.7 Å².